The maximum absolute atomic E-state index is 12.0. The minimum absolute atomic E-state index is 0.0321. The van der Waals surface area contributed by atoms with Gasteiger partial charge in [0, 0.05) is 6.08 Å². The Morgan fingerprint density at radius 2 is 1.64 bits per heavy atom. The van der Waals surface area contributed by atoms with Crippen molar-refractivity contribution < 1.29 is 19.4 Å². The zero-order chi connectivity index (χ0) is 16.1. The van der Waals surface area contributed by atoms with Crippen LogP contribution in [0.5, 0.6) is 5.75 Å². The topological polar surface area (TPSA) is 63.6 Å². The molecule has 112 valence electrons. The van der Waals surface area contributed by atoms with Crippen molar-refractivity contribution in [2.24, 2.45) is 0 Å². The molecule has 0 bridgehead atoms. The Kier molecular flexibility index (Phi) is 5.20. The summed E-state index contributed by atoms with van der Waals surface area (Å²) in [5, 5.41) is 8.82. The third-order valence-electron chi connectivity index (χ3n) is 2.64. The van der Waals surface area contributed by atoms with E-state index in [4.69, 9.17) is 33.0 Å². The van der Waals surface area contributed by atoms with Gasteiger partial charge in [-0.15, -0.1) is 0 Å². The first-order chi connectivity index (χ1) is 10.5. The Balaban J connectivity index is 2.25. The molecule has 0 aliphatic rings. The van der Waals surface area contributed by atoms with Gasteiger partial charge < -0.3 is 9.84 Å². The SMILES string of the molecule is O=C(O)/C=C/c1cc(Cl)c(OC(=O)c2ccccc2)c(Cl)c1. The molecule has 4 nitrogen and oxygen atoms in total. The molecule has 0 heterocycles. The summed E-state index contributed by atoms with van der Waals surface area (Å²) in [4.78, 5) is 22.5. The van der Waals surface area contributed by atoms with Crippen molar-refractivity contribution in [2.45, 2.75) is 0 Å². The molecule has 0 amide bonds. The molecule has 0 aliphatic heterocycles. The monoisotopic (exact) mass is 336 g/mol. The molecule has 0 spiro atoms. The van der Waals surface area contributed by atoms with Crippen LogP contribution in [0.25, 0.3) is 6.08 Å². The molecule has 22 heavy (non-hydrogen) atoms. The molecule has 2 aromatic carbocycles. The first-order valence-corrected chi connectivity index (χ1v) is 6.90. The van der Waals surface area contributed by atoms with E-state index in [0.717, 1.165) is 6.08 Å². The first-order valence-electron chi connectivity index (χ1n) is 6.14. The van der Waals surface area contributed by atoms with Crippen molar-refractivity contribution in [3.8, 4) is 5.75 Å². The van der Waals surface area contributed by atoms with E-state index in [-0.39, 0.29) is 15.8 Å². The van der Waals surface area contributed by atoms with Gasteiger partial charge in [0.15, 0.2) is 5.75 Å². The Hall–Kier alpha value is -2.30. The second kappa shape index (κ2) is 7.11. The van der Waals surface area contributed by atoms with Crippen LogP contribution in [0.4, 0.5) is 0 Å². The fourth-order valence-corrected chi connectivity index (χ4v) is 2.25. The first kappa shape index (κ1) is 16.1. The number of carboxylic acid groups (broad SMARTS) is 1. The number of aliphatic carboxylic acids is 1. The maximum Gasteiger partial charge on any atom is 0.343 e. The van der Waals surface area contributed by atoms with E-state index in [9.17, 15) is 9.59 Å². The quantitative estimate of drug-likeness (QED) is 0.513. The fourth-order valence-electron chi connectivity index (χ4n) is 1.67. The number of ether oxygens (including phenoxy) is 1. The minimum Gasteiger partial charge on any atom is -0.478 e. The lowest BCUT2D eigenvalue weighted by molar-refractivity contribution is -0.131. The third kappa shape index (κ3) is 4.10. The molecule has 0 radical (unpaired) electrons. The Morgan fingerprint density at radius 1 is 1.05 bits per heavy atom. The van der Waals surface area contributed by atoms with Crippen molar-refractivity contribution in [2.75, 3.05) is 0 Å². The van der Waals surface area contributed by atoms with Gasteiger partial charge in [0.2, 0.25) is 0 Å². The van der Waals surface area contributed by atoms with Crippen LogP contribution in [0.2, 0.25) is 10.0 Å². The highest BCUT2D eigenvalue weighted by molar-refractivity contribution is 6.37. The Labute approximate surface area is 136 Å². The van der Waals surface area contributed by atoms with Gasteiger partial charge in [-0.05, 0) is 35.9 Å². The largest absolute Gasteiger partial charge is 0.478 e. The number of benzene rings is 2. The van der Waals surface area contributed by atoms with Gasteiger partial charge in [-0.1, -0.05) is 41.4 Å². The number of hydrogen-bond acceptors (Lipinski definition) is 3. The summed E-state index contributed by atoms with van der Waals surface area (Å²) in [7, 11) is 0. The van der Waals surface area contributed by atoms with Crippen LogP contribution in [0.15, 0.2) is 48.5 Å². The maximum atomic E-state index is 12.0. The van der Waals surface area contributed by atoms with E-state index in [1.54, 1.807) is 30.3 Å². The van der Waals surface area contributed by atoms with E-state index in [1.807, 2.05) is 0 Å². The van der Waals surface area contributed by atoms with Gasteiger partial charge in [-0.2, -0.15) is 0 Å². The van der Waals surface area contributed by atoms with E-state index in [0.29, 0.717) is 11.1 Å². The van der Waals surface area contributed by atoms with Gasteiger partial charge in [0.05, 0.1) is 15.6 Å². The van der Waals surface area contributed by atoms with Crippen LogP contribution < -0.4 is 4.74 Å². The lowest BCUT2D eigenvalue weighted by atomic mass is 10.2. The second-order valence-electron chi connectivity index (χ2n) is 4.24. The summed E-state index contributed by atoms with van der Waals surface area (Å²) in [5.41, 5.74) is 0.849. The average molecular weight is 337 g/mol. The summed E-state index contributed by atoms with van der Waals surface area (Å²) in [6, 6.07) is 11.3. The number of carbonyl (C=O) groups is 2. The van der Waals surface area contributed by atoms with Crippen LogP contribution in [0.1, 0.15) is 15.9 Å². The molecule has 1 N–H and O–H groups in total. The van der Waals surface area contributed by atoms with E-state index < -0.39 is 11.9 Å². The molecule has 0 aliphatic carbocycles. The van der Waals surface area contributed by atoms with Crippen LogP contribution in [0.3, 0.4) is 0 Å². The summed E-state index contributed by atoms with van der Waals surface area (Å²) in [5.74, 6) is -1.64. The predicted octanol–water partition coefficient (Wildman–Crippen LogP) is 4.31. The third-order valence-corrected chi connectivity index (χ3v) is 3.20. The number of esters is 1. The molecule has 6 heteroatoms. The van der Waals surface area contributed by atoms with Crippen molar-refractivity contribution >= 4 is 41.2 Å². The van der Waals surface area contributed by atoms with Gasteiger partial charge in [-0.3, -0.25) is 0 Å². The molecular weight excluding hydrogens is 327 g/mol. The molecular formula is C16H10Cl2O4. The van der Waals surface area contributed by atoms with Crippen molar-refractivity contribution in [3.05, 3.63) is 69.7 Å². The molecule has 0 aromatic heterocycles. The summed E-state index contributed by atoms with van der Waals surface area (Å²) < 4.78 is 5.20. The summed E-state index contributed by atoms with van der Waals surface area (Å²) in [6.07, 6.45) is 2.29. The Morgan fingerprint density at radius 3 is 2.18 bits per heavy atom. The molecule has 0 saturated carbocycles. The van der Waals surface area contributed by atoms with E-state index in [2.05, 4.69) is 0 Å². The van der Waals surface area contributed by atoms with Crippen molar-refractivity contribution in [1.29, 1.82) is 0 Å². The smallest absolute Gasteiger partial charge is 0.343 e. The highest BCUT2D eigenvalue weighted by atomic mass is 35.5. The van der Waals surface area contributed by atoms with Crippen molar-refractivity contribution in [1.82, 2.24) is 0 Å². The summed E-state index contributed by atoms with van der Waals surface area (Å²) in [6.45, 7) is 0. The fraction of sp³-hybridized carbons (Fsp3) is 0. The molecule has 0 unspecified atom stereocenters. The van der Waals surface area contributed by atoms with Crippen molar-refractivity contribution in [3.63, 3.8) is 0 Å². The van der Waals surface area contributed by atoms with Gasteiger partial charge >= 0.3 is 11.9 Å². The molecule has 2 aromatic rings. The number of carbonyl (C=O) groups excluding carboxylic acids is 1. The normalized spacial score (nSPS) is 10.6. The van der Waals surface area contributed by atoms with E-state index >= 15 is 0 Å². The number of halogens is 2. The highest BCUT2D eigenvalue weighted by Crippen LogP contribution is 2.35. The summed E-state index contributed by atoms with van der Waals surface area (Å²) >= 11 is 12.1. The highest BCUT2D eigenvalue weighted by Gasteiger charge is 2.15. The van der Waals surface area contributed by atoms with Gasteiger partial charge in [0.25, 0.3) is 0 Å². The minimum atomic E-state index is -1.09. The van der Waals surface area contributed by atoms with Gasteiger partial charge in [-0.25, -0.2) is 9.59 Å². The van der Waals surface area contributed by atoms with Crippen LogP contribution in [-0.4, -0.2) is 17.0 Å². The number of carboxylic acids is 1. The zero-order valence-corrected chi connectivity index (χ0v) is 12.6. The van der Waals surface area contributed by atoms with Gasteiger partial charge in [0.1, 0.15) is 0 Å². The lowest BCUT2D eigenvalue weighted by Crippen LogP contribution is -2.09. The zero-order valence-electron chi connectivity index (χ0n) is 11.1. The molecule has 0 saturated heterocycles. The number of rotatable bonds is 4. The lowest BCUT2D eigenvalue weighted by Gasteiger charge is -2.09. The molecule has 2 rings (SSSR count). The molecule has 0 atom stereocenters. The number of hydrogen-bond donors (Lipinski definition) is 1. The van der Waals surface area contributed by atoms with Crippen LogP contribution >= 0.6 is 23.2 Å². The van der Waals surface area contributed by atoms with Crippen LogP contribution in [0, 0.1) is 0 Å². The predicted molar refractivity (Wildman–Crippen MR) is 84.5 cm³/mol. The average Bonchev–Trinajstić information content (AvgIpc) is 2.49. The molecule has 0 fully saturated rings. The van der Waals surface area contributed by atoms with E-state index in [1.165, 1.54) is 18.2 Å². The Bertz CT molecular complexity index is 716. The van der Waals surface area contributed by atoms with Crippen LogP contribution in [-0.2, 0) is 4.79 Å². The standard InChI is InChI=1S/C16H10Cl2O4/c17-12-8-10(6-7-14(19)20)9-13(18)15(12)22-16(21)11-4-2-1-3-5-11/h1-9H,(H,19,20)/b7-6+. The second-order valence-corrected chi connectivity index (χ2v) is 5.06.